The minimum Gasteiger partial charge on any atom is -0.480 e. The standard InChI is InChI=1S/C24H24N6O3/c1-14(17-9-8-16-4-2-3-5-18(16)13-17)27-23-28-22(26)29-24(30-23)33-19-10-6-15(7-11-19)12-20(25)21(31)32/h2-11,13-14,20H,12,25H2,1H3,(H,31,32)(H3,26,27,28,29,30)/t14-,20?/m1/s1. The summed E-state index contributed by atoms with van der Waals surface area (Å²) in [6.07, 6.45) is 0.217. The Hall–Kier alpha value is -4.24. The molecule has 3 aromatic carbocycles. The van der Waals surface area contributed by atoms with E-state index in [9.17, 15) is 4.79 Å². The van der Waals surface area contributed by atoms with Gasteiger partial charge < -0.3 is 26.6 Å². The van der Waals surface area contributed by atoms with E-state index in [0.717, 1.165) is 16.5 Å². The molecule has 9 nitrogen and oxygen atoms in total. The highest BCUT2D eigenvalue weighted by molar-refractivity contribution is 5.83. The zero-order valence-corrected chi connectivity index (χ0v) is 18.0. The van der Waals surface area contributed by atoms with Crippen LogP contribution < -0.4 is 21.5 Å². The number of benzene rings is 3. The molecule has 0 radical (unpaired) electrons. The Morgan fingerprint density at radius 1 is 1.03 bits per heavy atom. The van der Waals surface area contributed by atoms with Crippen molar-refractivity contribution >= 4 is 28.6 Å². The zero-order chi connectivity index (χ0) is 23.4. The van der Waals surface area contributed by atoms with E-state index in [1.807, 2.05) is 19.1 Å². The van der Waals surface area contributed by atoms with E-state index in [0.29, 0.717) is 11.7 Å². The number of rotatable bonds is 8. The van der Waals surface area contributed by atoms with Crippen molar-refractivity contribution in [3.63, 3.8) is 0 Å². The zero-order valence-electron chi connectivity index (χ0n) is 18.0. The van der Waals surface area contributed by atoms with Gasteiger partial charge in [-0.15, -0.1) is 0 Å². The normalized spacial score (nSPS) is 12.8. The summed E-state index contributed by atoms with van der Waals surface area (Å²) in [5.74, 6) is -0.254. The van der Waals surface area contributed by atoms with Crippen molar-refractivity contribution < 1.29 is 14.6 Å². The van der Waals surface area contributed by atoms with Gasteiger partial charge in [0.05, 0.1) is 6.04 Å². The van der Waals surface area contributed by atoms with Crippen molar-refractivity contribution in [2.75, 3.05) is 11.1 Å². The molecular weight excluding hydrogens is 420 g/mol. The van der Waals surface area contributed by atoms with E-state index >= 15 is 0 Å². The third-order valence-electron chi connectivity index (χ3n) is 5.16. The third kappa shape index (κ3) is 5.52. The molecule has 0 aliphatic rings. The van der Waals surface area contributed by atoms with Gasteiger partial charge in [0.15, 0.2) is 0 Å². The van der Waals surface area contributed by atoms with E-state index in [-0.39, 0.29) is 24.4 Å². The first-order valence-electron chi connectivity index (χ1n) is 10.4. The van der Waals surface area contributed by atoms with Crippen LogP contribution >= 0.6 is 0 Å². The summed E-state index contributed by atoms with van der Waals surface area (Å²) in [6, 6.07) is 20.3. The fourth-order valence-electron chi connectivity index (χ4n) is 3.38. The number of hydrogen-bond donors (Lipinski definition) is 4. The number of aliphatic carboxylic acids is 1. The van der Waals surface area contributed by atoms with Crippen LogP contribution in [-0.2, 0) is 11.2 Å². The lowest BCUT2D eigenvalue weighted by Gasteiger charge is -2.15. The number of carboxylic acid groups (broad SMARTS) is 1. The SMILES string of the molecule is C[C@@H](Nc1nc(N)nc(Oc2ccc(CC(N)C(=O)O)cc2)n1)c1ccc2ccccc2c1. The van der Waals surface area contributed by atoms with Gasteiger partial charge >= 0.3 is 12.0 Å². The van der Waals surface area contributed by atoms with Crippen LogP contribution in [0.2, 0.25) is 0 Å². The van der Waals surface area contributed by atoms with Crippen LogP contribution in [0.5, 0.6) is 11.8 Å². The largest absolute Gasteiger partial charge is 0.480 e. The maximum absolute atomic E-state index is 10.9. The number of nitrogens with one attached hydrogen (secondary N) is 1. The summed E-state index contributed by atoms with van der Waals surface area (Å²) in [7, 11) is 0. The van der Waals surface area contributed by atoms with Gasteiger partial charge in [-0.1, -0.05) is 48.5 Å². The van der Waals surface area contributed by atoms with Gasteiger partial charge in [-0.3, -0.25) is 4.79 Å². The number of ether oxygens (including phenoxy) is 1. The predicted molar refractivity (Wildman–Crippen MR) is 126 cm³/mol. The Morgan fingerprint density at radius 2 is 1.76 bits per heavy atom. The Morgan fingerprint density at radius 3 is 2.48 bits per heavy atom. The molecule has 0 aliphatic heterocycles. The van der Waals surface area contributed by atoms with E-state index in [1.165, 1.54) is 5.39 Å². The maximum atomic E-state index is 10.9. The highest BCUT2D eigenvalue weighted by atomic mass is 16.5. The molecule has 0 bridgehead atoms. The van der Waals surface area contributed by atoms with Crippen LogP contribution in [0.4, 0.5) is 11.9 Å². The first kappa shape index (κ1) is 22.0. The molecule has 33 heavy (non-hydrogen) atoms. The molecule has 1 unspecified atom stereocenters. The van der Waals surface area contributed by atoms with Gasteiger partial charge in [-0.05, 0) is 53.4 Å². The summed E-state index contributed by atoms with van der Waals surface area (Å²) in [4.78, 5) is 23.4. The first-order valence-corrected chi connectivity index (χ1v) is 10.4. The molecule has 168 valence electrons. The molecule has 0 amide bonds. The summed E-state index contributed by atoms with van der Waals surface area (Å²) >= 11 is 0. The van der Waals surface area contributed by atoms with Crippen molar-refractivity contribution in [1.29, 1.82) is 0 Å². The van der Waals surface area contributed by atoms with Crippen molar-refractivity contribution in [2.24, 2.45) is 5.73 Å². The summed E-state index contributed by atoms with van der Waals surface area (Å²) in [6.45, 7) is 2.01. The van der Waals surface area contributed by atoms with Crippen molar-refractivity contribution in [1.82, 2.24) is 15.0 Å². The van der Waals surface area contributed by atoms with Crippen LogP contribution in [0.25, 0.3) is 10.8 Å². The number of nitrogens with zero attached hydrogens (tertiary/aromatic N) is 3. The Kier molecular flexibility index (Phi) is 6.32. The van der Waals surface area contributed by atoms with Crippen LogP contribution in [0.3, 0.4) is 0 Å². The van der Waals surface area contributed by atoms with Gasteiger partial charge in [0.1, 0.15) is 11.8 Å². The topological polar surface area (TPSA) is 149 Å². The van der Waals surface area contributed by atoms with Gasteiger partial charge in [0, 0.05) is 0 Å². The van der Waals surface area contributed by atoms with Crippen molar-refractivity contribution in [2.45, 2.75) is 25.4 Å². The minimum absolute atomic E-state index is 0.0252. The quantitative estimate of drug-likeness (QED) is 0.320. The van der Waals surface area contributed by atoms with Gasteiger partial charge in [-0.25, -0.2) is 0 Å². The third-order valence-corrected chi connectivity index (χ3v) is 5.16. The summed E-state index contributed by atoms with van der Waals surface area (Å²) in [5.41, 5.74) is 13.3. The monoisotopic (exact) mass is 444 g/mol. The smallest absolute Gasteiger partial charge is 0.328 e. The lowest BCUT2D eigenvalue weighted by Crippen LogP contribution is -2.32. The molecule has 1 heterocycles. The number of nitrogens with two attached hydrogens (primary N) is 2. The predicted octanol–water partition coefficient (Wildman–Crippen LogP) is 3.53. The van der Waals surface area contributed by atoms with E-state index < -0.39 is 12.0 Å². The average Bonchev–Trinajstić information content (AvgIpc) is 2.79. The second-order valence-corrected chi connectivity index (χ2v) is 7.67. The Labute approximate surface area is 190 Å². The van der Waals surface area contributed by atoms with Gasteiger partial charge in [-0.2, -0.15) is 15.0 Å². The molecule has 0 saturated heterocycles. The number of fused-ring (bicyclic) bond motifs is 1. The number of hydrogen-bond acceptors (Lipinski definition) is 8. The summed E-state index contributed by atoms with van der Waals surface area (Å²) in [5, 5.41) is 14.5. The number of carbonyl (C=O) groups is 1. The lowest BCUT2D eigenvalue weighted by atomic mass is 10.0. The molecule has 0 fully saturated rings. The molecular formula is C24H24N6O3. The lowest BCUT2D eigenvalue weighted by molar-refractivity contribution is -0.138. The molecule has 2 atom stereocenters. The molecule has 4 rings (SSSR count). The molecule has 0 saturated carbocycles. The molecule has 9 heteroatoms. The second-order valence-electron chi connectivity index (χ2n) is 7.67. The first-order chi connectivity index (χ1) is 15.9. The van der Waals surface area contributed by atoms with E-state index in [1.54, 1.807) is 24.3 Å². The highest BCUT2D eigenvalue weighted by Gasteiger charge is 2.14. The molecule has 0 aliphatic carbocycles. The van der Waals surface area contributed by atoms with E-state index in [4.69, 9.17) is 21.3 Å². The maximum Gasteiger partial charge on any atom is 0.328 e. The number of aromatic nitrogens is 3. The van der Waals surface area contributed by atoms with Crippen LogP contribution in [0, 0.1) is 0 Å². The number of anilines is 2. The molecule has 4 aromatic rings. The molecule has 6 N–H and O–H groups in total. The van der Waals surface area contributed by atoms with Gasteiger partial charge in [0.25, 0.3) is 0 Å². The minimum atomic E-state index is -1.05. The number of nitrogen functional groups attached to an aromatic ring is 1. The van der Waals surface area contributed by atoms with Crippen LogP contribution in [0.1, 0.15) is 24.1 Å². The Balaban J connectivity index is 1.46. The Bertz CT molecular complexity index is 1280. The van der Waals surface area contributed by atoms with Crippen molar-refractivity contribution in [3.8, 4) is 11.8 Å². The number of carboxylic acids is 1. The van der Waals surface area contributed by atoms with Gasteiger partial charge in [0.2, 0.25) is 11.9 Å². The second kappa shape index (κ2) is 9.49. The fourth-order valence-corrected chi connectivity index (χ4v) is 3.38. The van der Waals surface area contributed by atoms with E-state index in [2.05, 4.69) is 50.6 Å². The molecule has 1 aromatic heterocycles. The fraction of sp³-hybridized carbons (Fsp3) is 0.167. The van der Waals surface area contributed by atoms with Crippen LogP contribution in [0.15, 0.2) is 66.7 Å². The summed E-state index contributed by atoms with van der Waals surface area (Å²) < 4.78 is 5.72. The van der Waals surface area contributed by atoms with Crippen LogP contribution in [-0.4, -0.2) is 32.1 Å². The molecule has 0 spiro atoms. The highest BCUT2D eigenvalue weighted by Crippen LogP contribution is 2.24. The average molecular weight is 444 g/mol. The van der Waals surface area contributed by atoms with Crippen molar-refractivity contribution in [3.05, 3.63) is 77.9 Å².